The van der Waals surface area contributed by atoms with Gasteiger partial charge in [0.05, 0.1) is 15.5 Å². The smallest absolute Gasteiger partial charge is 0.268 e. The molecule has 1 aromatic rings. The largest absolute Gasteiger partial charge is 0.273 e. The summed E-state index contributed by atoms with van der Waals surface area (Å²) in [4.78, 5) is 26.8. The maximum absolute atomic E-state index is 12.2. The third kappa shape index (κ3) is 1.86. The zero-order valence-electron chi connectivity index (χ0n) is 9.18. The Hall–Kier alpha value is -0.910. The van der Waals surface area contributed by atoms with E-state index in [0.717, 1.165) is 11.5 Å². The first-order valence-electron chi connectivity index (χ1n) is 5.33. The molecule has 0 unspecified atom stereocenters. The van der Waals surface area contributed by atoms with Gasteiger partial charge in [-0.05, 0) is 24.3 Å². The van der Waals surface area contributed by atoms with Crippen molar-refractivity contribution in [3.63, 3.8) is 0 Å². The Kier molecular flexibility index (Phi) is 3.13. The minimum absolute atomic E-state index is 0.213. The number of rotatable bonds is 1. The standard InChI is InChI=1S/C12H8ClNO2S2/c13-7-1-3-8(4-2-7)14-11(15)9-10(12(14)16)18-6-5-17-9/h1-4H,5-6H2. The lowest BCUT2D eigenvalue weighted by Gasteiger charge is -2.14. The van der Waals surface area contributed by atoms with Gasteiger partial charge in [0, 0.05) is 16.5 Å². The molecular weight excluding hydrogens is 290 g/mol. The van der Waals surface area contributed by atoms with E-state index in [0.29, 0.717) is 20.5 Å². The molecule has 0 aromatic heterocycles. The molecule has 0 radical (unpaired) electrons. The van der Waals surface area contributed by atoms with E-state index in [2.05, 4.69) is 0 Å². The number of hydrogen-bond acceptors (Lipinski definition) is 4. The fourth-order valence-corrected chi connectivity index (χ4v) is 4.28. The molecule has 0 atom stereocenters. The van der Waals surface area contributed by atoms with Gasteiger partial charge in [0.15, 0.2) is 0 Å². The summed E-state index contributed by atoms with van der Waals surface area (Å²) in [6.45, 7) is 0. The molecule has 0 spiro atoms. The number of amides is 2. The first-order chi connectivity index (χ1) is 8.68. The maximum Gasteiger partial charge on any atom is 0.273 e. The summed E-state index contributed by atoms with van der Waals surface area (Å²) in [6.07, 6.45) is 0. The monoisotopic (exact) mass is 297 g/mol. The predicted molar refractivity (Wildman–Crippen MR) is 75.9 cm³/mol. The van der Waals surface area contributed by atoms with E-state index in [1.54, 1.807) is 24.3 Å². The summed E-state index contributed by atoms with van der Waals surface area (Å²) in [5.41, 5.74) is 0.574. The molecule has 92 valence electrons. The van der Waals surface area contributed by atoms with Crippen molar-refractivity contribution in [1.82, 2.24) is 0 Å². The van der Waals surface area contributed by atoms with E-state index in [1.165, 1.54) is 28.4 Å². The van der Waals surface area contributed by atoms with E-state index < -0.39 is 0 Å². The third-order valence-electron chi connectivity index (χ3n) is 2.66. The van der Waals surface area contributed by atoms with Crippen LogP contribution < -0.4 is 4.90 Å². The molecular formula is C12H8ClNO2S2. The molecule has 3 rings (SSSR count). The number of hydrogen-bond donors (Lipinski definition) is 0. The number of thioether (sulfide) groups is 2. The number of imide groups is 1. The van der Waals surface area contributed by atoms with Crippen molar-refractivity contribution in [2.75, 3.05) is 16.4 Å². The Morgan fingerprint density at radius 1 is 0.944 bits per heavy atom. The zero-order valence-corrected chi connectivity index (χ0v) is 11.6. The lowest BCUT2D eigenvalue weighted by molar-refractivity contribution is -0.120. The number of benzene rings is 1. The summed E-state index contributed by atoms with van der Waals surface area (Å²) in [5.74, 6) is 1.32. The Morgan fingerprint density at radius 2 is 1.44 bits per heavy atom. The number of halogens is 1. The molecule has 0 fully saturated rings. The van der Waals surface area contributed by atoms with Crippen molar-refractivity contribution in [3.8, 4) is 0 Å². The van der Waals surface area contributed by atoms with Crippen LogP contribution in [0, 0.1) is 0 Å². The number of carbonyl (C=O) groups is 2. The molecule has 2 aliphatic heterocycles. The number of nitrogens with zero attached hydrogens (tertiary/aromatic N) is 1. The second-order valence-electron chi connectivity index (χ2n) is 3.78. The highest BCUT2D eigenvalue weighted by Gasteiger charge is 2.41. The predicted octanol–water partition coefficient (Wildman–Crippen LogP) is 2.90. The molecule has 0 bridgehead atoms. The zero-order chi connectivity index (χ0) is 12.7. The van der Waals surface area contributed by atoms with Gasteiger partial charge >= 0.3 is 0 Å². The van der Waals surface area contributed by atoms with Gasteiger partial charge in [-0.2, -0.15) is 0 Å². The minimum atomic E-state index is -0.213. The first-order valence-corrected chi connectivity index (χ1v) is 7.67. The van der Waals surface area contributed by atoms with Crippen molar-refractivity contribution in [2.24, 2.45) is 0 Å². The van der Waals surface area contributed by atoms with Gasteiger partial charge in [-0.15, -0.1) is 23.5 Å². The summed E-state index contributed by atoms with van der Waals surface area (Å²) < 4.78 is 0. The van der Waals surface area contributed by atoms with Crippen LogP contribution in [0.3, 0.4) is 0 Å². The van der Waals surface area contributed by atoms with Crippen molar-refractivity contribution in [1.29, 1.82) is 0 Å². The van der Waals surface area contributed by atoms with E-state index in [4.69, 9.17) is 11.6 Å². The van der Waals surface area contributed by atoms with Crippen molar-refractivity contribution in [3.05, 3.63) is 39.1 Å². The highest BCUT2D eigenvalue weighted by molar-refractivity contribution is 8.11. The van der Waals surface area contributed by atoms with Gasteiger partial charge in [0.1, 0.15) is 0 Å². The van der Waals surface area contributed by atoms with Crippen molar-refractivity contribution >= 4 is 52.6 Å². The fourth-order valence-electron chi connectivity index (χ4n) is 1.86. The van der Waals surface area contributed by atoms with Gasteiger partial charge in [-0.25, -0.2) is 4.90 Å². The van der Waals surface area contributed by atoms with Crippen LogP contribution in [0.2, 0.25) is 5.02 Å². The van der Waals surface area contributed by atoms with E-state index in [1.807, 2.05) is 0 Å². The summed E-state index contributed by atoms with van der Waals surface area (Å²) in [5, 5.41) is 0.583. The van der Waals surface area contributed by atoms with Crippen LogP contribution >= 0.6 is 35.1 Å². The molecule has 0 saturated carbocycles. The van der Waals surface area contributed by atoms with Crippen LogP contribution in [0.4, 0.5) is 5.69 Å². The Morgan fingerprint density at radius 3 is 1.94 bits per heavy atom. The molecule has 0 aliphatic carbocycles. The third-order valence-corrected chi connectivity index (χ3v) is 5.45. The first kappa shape index (κ1) is 12.1. The lowest BCUT2D eigenvalue weighted by Crippen LogP contribution is -2.30. The molecule has 2 amide bonds. The molecule has 18 heavy (non-hydrogen) atoms. The molecule has 3 nitrogen and oxygen atoms in total. The van der Waals surface area contributed by atoms with Crippen molar-refractivity contribution in [2.45, 2.75) is 0 Å². The van der Waals surface area contributed by atoms with Gasteiger partial charge in [-0.1, -0.05) is 11.6 Å². The molecule has 2 heterocycles. The van der Waals surface area contributed by atoms with Crippen LogP contribution in [0.25, 0.3) is 0 Å². The normalized spacial score (nSPS) is 19.5. The van der Waals surface area contributed by atoms with Gasteiger partial charge < -0.3 is 0 Å². The second-order valence-corrected chi connectivity index (χ2v) is 6.42. The summed E-state index contributed by atoms with van der Waals surface area (Å²) in [6, 6.07) is 6.72. The fraction of sp³-hybridized carbons (Fsp3) is 0.167. The molecule has 0 N–H and O–H groups in total. The van der Waals surface area contributed by atoms with Gasteiger partial charge in [0.2, 0.25) is 0 Å². The summed E-state index contributed by atoms with van der Waals surface area (Å²) >= 11 is 8.74. The topological polar surface area (TPSA) is 37.4 Å². The molecule has 0 saturated heterocycles. The van der Waals surface area contributed by atoms with Crippen LogP contribution in [0.15, 0.2) is 34.1 Å². The van der Waals surface area contributed by atoms with Crippen LogP contribution in [-0.2, 0) is 9.59 Å². The number of carbonyl (C=O) groups excluding carboxylic acids is 2. The molecule has 1 aromatic carbocycles. The van der Waals surface area contributed by atoms with Crippen LogP contribution in [0.5, 0.6) is 0 Å². The highest BCUT2D eigenvalue weighted by atomic mass is 35.5. The SMILES string of the molecule is O=C1C2=C(SCCS2)C(=O)N1c1ccc(Cl)cc1. The van der Waals surface area contributed by atoms with E-state index in [-0.39, 0.29) is 11.8 Å². The van der Waals surface area contributed by atoms with Gasteiger partial charge in [0.25, 0.3) is 11.8 Å². The quantitative estimate of drug-likeness (QED) is 0.747. The van der Waals surface area contributed by atoms with E-state index in [9.17, 15) is 9.59 Å². The Labute approximate surface area is 118 Å². The Balaban J connectivity index is 1.99. The second kappa shape index (κ2) is 4.64. The average molecular weight is 298 g/mol. The van der Waals surface area contributed by atoms with Crippen LogP contribution in [-0.4, -0.2) is 23.3 Å². The maximum atomic E-state index is 12.2. The number of anilines is 1. The van der Waals surface area contributed by atoms with E-state index >= 15 is 0 Å². The average Bonchev–Trinajstić information content (AvgIpc) is 2.64. The van der Waals surface area contributed by atoms with Crippen molar-refractivity contribution < 1.29 is 9.59 Å². The molecule has 6 heteroatoms. The van der Waals surface area contributed by atoms with Crippen LogP contribution in [0.1, 0.15) is 0 Å². The van der Waals surface area contributed by atoms with Gasteiger partial charge in [-0.3, -0.25) is 9.59 Å². The molecule has 2 aliphatic rings. The highest BCUT2D eigenvalue weighted by Crippen LogP contribution is 2.42. The summed E-state index contributed by atoms with van der Waals surface area (Å²) in [7, 11) is 0. The minimum Gasteiger partial charge on any atom is -0.268 e. The Bertz CT molecular complexity index is 540. The lowest BCUT2D eigenvalue weighted by atomic mass is 10.3.